The smallest absolute Gasteiger partial charge is 0.138 e. The van der Waals surface area contributed by atoms with E-state index in [2.05, 4.69) is 67.2 Å². The molecule has 1 aromatic carbocycles. The zero-order valence-electron chi connectivity index (χ0n) is 13.5. The molecule has 1 unspecified atom stereocenters. The number of nitrogens with one attached hydrogen (secondary N) is 1. The van der Waals surface area contributed by atoms with Crippen molar-refractivity contribution in [3.05, 3.63) is 52.2 Å². The van der Waals surface area contributed by atoms with Crippen LogP contribution in [0.4, 0.5) is 5.82 Å². The van der Waals surface area contributed by atoms with Gasteiger partial charge >= 0.3 is 0 Å². The summed E-state index contributed by atoms with van der Waals surface area (Å²) >= 11 is 1.73. The number of benzene rings is 1. The van der Waals surface area contributed by atoms with Gasteiger partial charge in [0.1, 0.15) is 17.0 Å². The van der Waals surface area contributed by atoms with E-state index in [4.69, 9.17) is 0 Å². The summed E-state index contributed by atoms with van der Waals surface area (Å²) in [5.74, 6) is 0.930. The van der Waals surface area contributed by atoms with Crippen LogP contribution < -0.4 is 5.32 Å². The Morgan fingerprint density at radius 3 is 2.55 bits per heavy atom. The van der Waals surface area contributed by atoms with Crippen molar-refractivity contribution in [1.29, 1.82) is 0 Å². The second-order valence-electron chi connectivity index (χ2n) is 5.65. The van der Waals surface area contributed by atoms with Gasteiger partial charge in [-0.05, 0) is 43.9 Å². The fraction of sp³-hybridized carbons (Fsp3) is 0.333. The number of aryl methyl sites for hydroxylation is 3. The molecule has 2 heterocycles. The molecule has 3 nitrogen and oxygen atoms in total. The van der Waals surface area contributed by atoms with Gasteiger partial charge in [0, 0.05) is 10.9 Å². The molecule has 4 heteroatoms. The molecule has 2 aromatic heterocycles. The molecule has 3 rings (SSSR count). The van der Waals surface area contributed by atoms with Crippen molar-refractivity contribution in [3.63, 3.8) is 0 Å². The van der Waals surface area contributed by atoms with Gasteiger partial charge in [-0.3, -0.25) is 0 Å². The Bertz CT molecular complexity index is 790. The van der Waals surface area contributed by atoms with E-state index in [1.807, 2.05) is 0 Å². The first kappa shape index (κ1) is 15.0. The van der Waals surface area contributed by atoms with Crippen LogP contribution in [-0.2, 0) is 6.42 Å². The first-order chi connectivity index (χ1) is 10.6. The van der Waals surface area contributed by atoms with Crippen LogP contribution in [0, 0.1) is 13.8 Å². The molecular weight excluding hydrogens is 290 g/mol. The van der Waals surface area contributed by atoms with Crippen LogP contribution in [0.2, 0.25) is 0 Å². The van der Waals surface area contributed by atoms with E-state index >= 15 is 0 Å². The Labute approximate surface area is 135 Å². The number of rotatable bonds is 4. The van der Waals surface area contributed by atoms with Gasteiger partial charge in [-0.1, -0.05) is 31.2 Å². The number of hydrogen-bond acceptors (Lipinski definition) is 4. The van der Waals surface area contributed by atoms with Gasteiger partial charge < -0.3 is 5.32 Å². The predicted molar refractivity (Wildman–Crippen MR) is 94.7 cm³/mol. The minimum absolute atomic E-state index is 0.212. The highest BCUT2D eigenvalue weighted by atomic mass is 32.1. The van der Waals surface area contributed by atoms with Gasteiger partial charge in [0.05, 0.1) is 5.39 Å². The van der Waals surface area contributed by atoms with E-state index in [9.17, 15) is 0 Å². The van der Waals surface area contributed by atoms with E-state index < -0.39 is 0 Å². The number of fused-ring (bicyclic) bond motifs is 1. The Morgan fingerprint density at radius 2 is 1.86 bits per heavy atom. The summed E-state index contributed by atoms with van der Waals surface area (Å²) in [5.41, 5.74) is 3.91. The fourth-order valence-corrected chi connectivity index (χ4v) is 3.62. The summed E-state index contributed by atoms with van der Waals surface area (Å²) in [7, 11) is 0. The van der Waals surface area contributed by atoms with Crippen molar-refractivity contribution in [2.75, 3.05) is 5.32 Å². The van der Waals surface area contributed by atoms with Crippen LogP contribution >= 0.6 is 11.3 Å². The highest BCUT2D eigenvalue weighted by Crippen LogP contribution is 2.33. The average molecular weight is 311 g/mol. The van der Waals surface area contributed by atoms with Crippen molar-refractivity contribution in [2.45, 2.75) is 40.2 Å². The summed E-state index contributed by atoms with van der Waals surface area (Å²) in [6.07, 6.45) is 2.72. The van der Waals surface area contributed by atoms with Crippen molar-refractivity contribution in [2.24, 2.45) is 0 Å². The van der Waals surface area contributed by atoms with E-state index in [0.717, 1.165) is 22.5 Å². The topological polar surface area (TPSA) is 37.8 Å². The summed E-state index contributed by atoms with van der Waals surface area (Å²) in [5, 5.41) is 4.70. The molecular formula is C18H21N3S. The normalized spacial score (nSPS) is 12.5. The zero-order chi connectivity index (χ0) is 15.7. The summed E-state index contributed by atoms with van der Waals surface area (Å²) in [6, 6.07) is 9.00. The number of aromatic nitrogens is 2. The number of anilines is 1. The zero-order valence-corrected chi connectivity index (χ0v) is 14.3. The van der Waals surface area contributed by atoms with Crippen LogP contribution in [-0.4, -0.2) is 9.97 Å². The lowest BCUT2D eigenvalue weighted by molar-refractivity contribution is 0.874. The first-order valence-corrected chi connectivity index (χ1v) is 8.48. The lowest BCUT2D eigenvalue weighted by atomic mass is 10.0. The van der Waals surface area contributed by atoms with Crippen LogP contribution in [0.15, 0.2) is 30.6 Å². The molecule has 114 valence electrons. The third-order valence-electron chi connectivity index (χ3n) is 4.21. The molecule has 1 N–H and O–H groups in total. The van der Waals surface area contributed by atoms with Crippen molar-refractivity contribution in [1.82, 2.24) is 9.97 Å². The maximum atomic E-state index is 4.46. The maximum Gasteiger partial charge on any atom is 0.138 e. The predicted octanol–water partition coefficient (Wildman–Crippen LogP) is 5.04. The summed E-state index contributed by atoms with van der Waals surface area (Å²) < 4.78 is 0. The fourth-order valence-electron chi connectivity index (χ4n) is 2.62. The quantitative estimate of drug-likeness (QED) is 0.733. The van der Waals surface area contributed by atoms with Crippen molar-refractivity contribution in [3.8, 4) is 0 Å². The third-order valence-corrected chi connectivity index (χ3v) is 5.32. The standard InChI is InChI=1S/C18H21N3S/c1-5-14-6-8-15(9-7-14)12(3)21-17-16-11(2)13(4)22-18(16)20-10-19-17/h6-10,12H,5H2,1-4H3,(H,19,20,21). The minimum Gasteiger partial charge on any atom is -0.363 e. The van der Waals surface area contributed by atoms with Gasteiger partial charge in [0.25, 0.3) is 0 Å². The molecule has 0 fully saturated rings. The third kappa shape index (κ3) is 2.71. The highest BCUT2D eigenvalue weighted by molar-refractivity contribution is 7.18. The average Bonchev–Trinajstić information content (AvgIpc) is 2.83. The Kier molecular flexibility index (Phi) is 4.12. The first-order valence-electron chi connectivity index (χ1n) is 7.66. The molecule has 0 aliphatic heterocycles. The van der Waals surface area contributed by atoms with Crippen molar-refractivity contribution < 1.29 is 0 Å². The highest BCUT2D eigenvalue weighted by Gasteiger charge is 2.14. The number of thiophene rings is 1. The Morgan fingerprint density at radius 1 is 1.14 bits per heavy atom. The Hall–Kier alpha value is -1.94. The summed E-state index contributed by atoms with van der Waals surface area (Å²) in [6.45, 7) is 8.63. The minimum atomic E-state index is 0.212. The van der Waals surface area contributed by atoms with Gasteiger partial charge in [0.2, 0.25) is 0 Å². The number of hydrogen-bond donors (Lipinski definition) is 1. The van der Waals surface area contributed by atoms with E-state index in [-0.39, 0.29) is 6.04 Å². The van der Waals surface area contributed by atoms with Crippen LogP contribution in [0.25, 0.3) is 10.2 Å². The summed E-state index contributed by atoms with van der Waals surface area (Å²) in [4.78, 5) is 11.2. The molecule has 3 aromatic rings. The molecule has 0 radical (unpaired) electrons. The molecule has 0 amide bonds. The second kappa shape index (κ2) is 6.05. The monoisotopic (exact) mass is 311 g/mol. The number of nitrogens with zero attached hydrogens (tertiary/aromatic N) is 2. The van der Waals surface area contributed by atoms with Gasteiger partial charge in [-0.2, -0.15) is 0 Å². The largest absolute Gasteiger partial charge is 0.363 e. The molecule has 0 spiro atoms. The van der Waals surface area contributed by atoms with Crippen LogP contribution in [0.3, 0.4) is 0 Å². The van der Waals surface area contributed by atoms with Crippen molar-refractivity contribution >= 4 is 27.4 Å². The molecule has 0 aliphatic carbocycles. The van der Waals surface area contributed by atoms with E-state index in [0.29, 0.717) is 0 Å². The van der Waals surface area contributed by atoms with Gasteiger partial charge in [-0.25, -0.2) is 9.97 Å². The molecule has 0 saturated heterocycles. The maximum absolute atomic E-state index is 4.46. The van der Waals surface area contributed by atoms with Crippen LogP contribution in [0.1, 0.15) is 41.5 Å². The van der Waals surface area contributed by atoms with E-state index in [1.165, 1.54) is 21.6 Å². The van der Waals surface area contributed by atoms with Crippen LogP contribution in [0.5, 0.6) is 0 Å². The van der Waals surface area contributed by atoms with E-state index in [1.54, 1.807) is 17.7 Å². The molecule has 1 atom stereocenters. The molecule has 0 aliphatic rings. The Balaban J connectivity index is 1.91. The lowest BCUT2D eigenvalue weighted by Crippen LogP contribution is -2.08. The molecule has 0 saturated carbocycles. The molecule has 0 bridgehead atoms. The second-order valence-corrected chi connectivity index (χ2v) is 6.85. The lowest BCUT2D eigenvalue weighted by Gasteiger charge is -2.16. The SMILES string of the molecule is CCc1ccc(C(C)Nc2ncnc3sc(C)c(C)c23)cc1. The van der Waals surface area contributed by atoms with Gasteiger partial charge in [-0.15, -0.1) is 11.3 Å². The molecule has 22 heavy (non-hydrogen) atoms. The van der Waals surface area contributed by atoms with Gasteiger partial charge in [0.15, 0.2) is 0 Å².